The molecular formula is C15H12O8. The smallest absolute Gasteiger partial charge is 0.272 e. The maximum Gasteiger partial charge on any atom is 0.272 e. The van der Waals surface area contributed by atoms with Gasteiger partial charge < -0.3 is 29.9 Å². The summed E-state index contributed by atoms with van der Waals surface area (Å²) in [5.74, 6) is -4.84. The highest BCUT2D eigenvalue weighted by Crippen LogP contribution is 2.48. The highest BCUT2D eigenvalue weighted by Gasteiger charge is 2.42. The molecule has 120 valence electrons. The fourth-order valence-corrected chi connectivity index (χ4v) is 2.71. The van der Waals surface area contributed by atoms with Crippen molar-refractivity contribution in [3.63, 3.8) is 0 Å². The second-order valence-corrected chi connectivity index (χ2v) is 5.04. The van der Waals surface area contributed by atoms with Crippen molar-refractivity contribution in [1.29, 1.82) is 0 Å². The van der Waals surface area contributed by atoms with Gasteiger partial charge in [0.1, 0.15) is 11.5 Å². The third kappa shape index (κ3) is 1.82. The van der Waals surface area contributed by atoms with E-state index in [4.69, 9.17) is 9.47 Å². The summed E-state index contributed by atoms with van der Waals surface area (Å²) >= 11 is 0. The molecule has 23 heavy (non-hydrogen) atoms. The van der Waals surface area contributed by atoms with Crippen LogP contribution in [-0.4, -0.2) is 39.1 Å². The van der Waals surface area contributed by atoms with Gasteiger partial charge in [-0.05, 0) is 13.0 Å². The Bertz CT molecular complexity index is 831. The normalized spacial score (nSPS) is 19.8. The molecule has 0 unspecified atom stereocenters. The summed E-state index contributed by atoms with van der Waals surface area (Å²) in [6.45, 7) is 1.51. The molecule has 1 atom stereocenters. The number of methoxy groups -OCH3 is 1. The Hall–Kier alpha value is -3.00. The lowest BCUT2D eigenvalue weighted by Crippen LogP contribution is -2.26. The van der Waals surface area contributed by atoms with Gasteiger partial charge in [0.15, 0.2) is 5.76 Å². The summed E-state index contributed by atoms with van der Waals surface area (Å²) in [6, 6.07) is 0. The number of ketones is 2. The largest absolute Gasteiger partial charge is 0.507 e. The molecule has 0 saturated heterocycles. The predicted molar refractivity (Wildman–Crippen MR) is 75.4 cm³/mol. The van der Waals surface area contributed by atoms with Gasteiger partial charge in [-0.2, -0.15) is 0 Å². The predicted octanol–water partition coefficient (Wildman–Crippen LogP) is 1.12. The number of aromatic hydroxyl groups is 2. The minimum absolute atomic E-state index is 0.0262. The molecule has 0 aromatic heterocycles. The number of carbonyl (C=O) groups excluding carboxylic acids is 2. The number of phenolic OH excluding ortho intramolecular Hbond substituents is 2. The van der Waals surface area contributed by atoms with Crippen molar-refractivity contribution >= 4 is 23.4 Å². The first kappa shape index (κ1) is 14.9. The highest BCUT2D eigenvalue weighted by molar-refractivity contribution is 6.52. The fraction of sp³-hybridized carbons (Fsp3) is 0.200. The van der Waals surface area contributed by atoms with E-state index in [0.717, 1.165) is 7.11 Å². The number of Topliss-reactive ketones (excluding diaryl/α,β-unsaturated/α-hetero) is 2. The highest BCUT2D eigenvalue weighted by atomic mass is 16.6. The lowest BCUT2D eigenvalue weighted by molar-refractivity contribution is -0.114. The minimum Gasteiger partial charge on any atom is -0.507 e. The van der Waals surface area contributed by atoms with Gasteiger partial charge in [-0.1, -0.05) is 0 Å². The van der Waals surface area contributed by atoms with Crippen LogP contribution < -0.4 is 0 Å². The van der Waals surface area contributed by atoms with E-state index in [2.05, 4.69) is 0 Å². The number of hydrogen-bond acceptors (Lipinski definition) is 8. The topological polar surface area (TPSA) is 134 Å². The Labute approximate surface area is 129 Å². The van der Waals surface area contributed by atoms with Crippen molar-refractivity contribution in [3.05, 3.63) is 33.8 Å². The van der Waals surface area contributed by atoms with Crippen molar-refractivity contribution in [2.45, 2.75) is 13.2 Å². The number of hydrogen-bond donors (Lipinski definition) is 4. The first-order valence-electron chi connectivity index (χ1n) is 6.51. The van der Waals surface area contributed by atoms with E-state index >= 15 is 0 Å². The maximum atomic E-state index is 12.2. The summed E-state index contributed by atoms with van der Waals surface area (Å²) < 4.78 is 9.72. The minimum atomic E-state index is -1.64. The molecule has 8 heteroatoms. The monoisotopic (exact) mass is 320 g/mol. The van der Waals surface area contributed by atoms with Gasteiger partial charge in [-0.25, -0.2) is 0 Å². The number of benzene rings is 1. The quantitative estimate of drug-likeness (QED) is 0.447. The average Bonchev–Trinajstić information content (AvgIpc) is 2.48. The molecule has 8 nitrogen and oxygen atoms in total. The van der Waals surface area contributed by atoms with Gasteiger partial charge >= 0.3 is 0 Å². The van der Waals surface area contributed by atoms with Crippen molar-refractivity contribution in [2.75, 3.05) is 7.11 Å². The Balaban J connectivity index is 2.47. The molecule has 1 aromatic rings. The zero-order chi connectivity index (χ0) is 17.0. The van der Waals surface area contributed by atoms with Crippen LogP contribution in [0.1, 0.15) is 40.3 Å². The van der Waals surface area contributed by atoms with E-state index < -0.39 is 52.0 Å². The lowest BCUT2D eigenvalue weighted by Gasteiger charge is -2.27. The van der Waals surface area contributed by atoms with Gasteiger partial charge in [-0.15, -0.1) is 0 Å². The second kappa shape index (κ2) is 4.75. The SMILES string of the molecule is COC1=C(O)c2c(O)c3c(c(O)c2C(=O)C1=O)[C@@H](O)OC(C)=C3. The van der Waals surface area contributed by atoms with Crippen LogP contribution in [0.4, 0.5) is 0 Å². The van der Waals surface area contributed by atoms with Crippen LogP contribution in [0.5, 0.6) is 11.5 Å². The van der Waals surface area contributed by atoms with Crippen molar-refractivity contribution in [2.24, 2.45) is 0 Å². The number of ether oxygens (including phenoxy) is 2. The third-order valence-corrected chi connectivity index (χ3v) is 3.71. The summed E-state index contributed by atoms with van der Waals surface area (Å²) in [4.78, 5) is 24.1. The molecule has 1 aromatic carbocycles. The molecule has 1 aliphatic carbocycles. The fourth-order valence-electron chi connectivity index (χ4n) is 2.71. The van der Waals surface area contributed by atoms with Crippen LogP contribution in [-0.2, 0) is 14.3 Å². The van der Waals surface area contributed by atoms with E-state index in [1.165, 1.54) is 13.0 Å². The van der Waals surface area contributed by atoms with Gasteiger partial charge in [0.2, 0.25) is 17.8 Å². The first-order valence-corrected chi connectivity index (χ1v) is 6.51. The number of phenols is 2. The van der Waals surface area contributed by atoms with Crippen LogP contribution in [0.25, 0.3) is 11.8 Å². The molecule has 0 saturated carbocycles. The summed E-state index contributed by atoms with van der Waals surface area (Å²) in [7, 11) is 1.08. The van der Waals surface area contributed by atoms with Gasteiger partial charge in [0.05, 0.1) is 29.6 Å². The molecule has 0 bridgehead atoms. The molecule has 0 amide bonds. The van der Waals surface area contributed by atoms with E-state index in [9.17, 15) is 30.0 Å². The van der Waals surface area contributed by atoms with Crippen molar-refractivity contribution < 1.29 is 39.5 Å². The van der Waals surface area contributed by atoms with Crippen LogP contribution in [0, 0.1) is 0 Å². The first-order chi connectivity index (χ1) is 10.8. The number of allylic oxidation sites excluding steroid dienone is 2. The second-order valence-electron chi connectivity index (χ2n) is 5.04. The number of rotatable bonds is 1. The molecule has 1 aliphatic heterocycles. The molecule has 0 spiro atoms. The van der Waals surface area contributed by atoms with Gasteiger partial charge in [-0.3, -0.25) is 9.59 Å². The number of carbonyl (C=O) groups is 2. The number of aliphatic hydroxyl groups is 2. The Morgan fingerprint density at radius 1 is 1.09 bits per heavy atom. The standard InChI is InChI=1S/C15H12O8/c1-4-3-5-6(15(21)23-4)10(17)8-7(9(5)16)12(19)14(22-2)13(20)11(8)18/h3,15-17,19,21H,1-2H3/t15-/m0/s1. The Kier molecular flexibility index (Phi) is 3.08. The van der Waals surface area contributed by atoms with E-state index in [0.29, 0.717) is 0 Å². The summed E-state index contributed by atoms with van der Waals surface area (Å²) in [6.07, 6.45) is -0.318. The zero-order valence-corrected chi connectivity index (χ0v) is 12.1. The van der Waals surface area contributed by atoms with Crippen molar-refractivity contribution in [1.82, 2.24) is 0 Å². The molecule has 0 radical (unpaired) electrons. The molecule has 3 rings (SSSR count). The number of fused-ring (bicyclic) bond motifs is 2. The third-order valence-electron chi connectivity index (χ3n) is 3.71. The van der Waals surface area contributed by atoms with Crippen LogP contribution in [0.3, 0.4) is 0 Å². The molecule has 4 N–H and O–H groups in total. The summed E-state index contributed by atoms with van der Waals surface area (Å²) in [5, 5.41) is 40.8. The molecule has 0 fully saturated rings. The average molecular weight is 320 g/mol. The van der Waals surface area contributed by atoms with E-state index in [1.54, 1.807) is 0 Å². The Morgan fingerprint density at radius 2 is 1.74 bits per heavy atom. The molecular weight excluding hydrogens is 308 g/mol. The Morgan fingerprint density at radius 3 is 2.35 bits per heavy atom. The summed E-state index contributed by atoms with van der Waals surface area (Å²) in [5.41, 5.74) is -1.33. The van der Waals surface area contributed by atoms with Gasteiger partial charge in [0.25, 0.3) is 5.78 Å². The van der Waals surface area contributed by atoms with Gasteiger partial charge in [0, 0.05) is 5.56 Å². The lowest BCUT2D eigenvalue weighted by atomic mass is 9.85. The van der Waals surface area contributed by atoms with E-state index in [-0.39, 0.29) is 16.9 Å². The molecule has 1 heterocycles. The van der Waals surface area contributed by atoms with E-state index in [1.807, 2.05) is 0 Å². The van der Waals surface area contributed by atoms with Crippen LogP contribution in [0.2, 0.25) is 0 Å². The molecule has 2 aliphatic rings. The number of aliphatic hydroxyl groups excluding tert-OH is 2. The maximum absolute atomic E-state index is 12.2. The van der Waals surface area contributed by atoms with Crippen molar-refractivity contribution in [3.8, 4) is 11.5 Å². The van der Waals surface area contributed by atoms with Crippen LogP contribution >= 0.6 is 0 Å². The van der Waals surface area contributed by atoms with Crippen LogP contribution in [0.15, 0.2) is 11.5 Å². The zero-order valence-electron chi connectivity index (χ0n) is 12.1.